The Morgan fingerprint density at radius 3 is 3.00 bits per heavy atom. The number of anilines is 2. The Labute approximate surface area is 109 Å². The summed E-state index contributed by atoms with van der Waals surface area (Å²) >= 11 is 0. The van der Waals surface area contributed by atoms with Crippen molar-refractivity contribution < 1.29 is 4.63 Å². The number of benzene rings is 1. The summed E-state index contributed by atoms with van der Waals surface area (Å²) in [5.74, 6) is 0. The van der Waals surface area contributed by atoms with Crippen molar-refractivity contribution in [3.8, 4) is 0 Å². The van der Waals surface area contributed by atoms with Gasteiger partial charge in [0.2, 0.25) is 0 Å². The molecule has 19 heavy (non-hydrogen) atoms. The van der Waals surface area contributed by atoms with Crippen molar-refractivity contribution in [2.75, 3.05) is 17.6 Å². The van der Waals surface area contributed by atoms with E-state index in [1.54, 1.807) is 12.3 Å². The maximum absolute atomic E-state index is 5.79. The molecule has 0 spiro atoms. The predicted molar refractivity (Wildman–Crippen MR) is 71.6 cm³/mol. The molecular formula is C12H14N6O. The van der Waals surface area contributed by atoms with Crippen LogP contribution >= 0.6 is 0 Å². The molecule has 0 fully saturated rings. The highest BCUT2D eigenvalue weighted by Crippen LogP contribution is 2.24. The Morgan fingerprint density at radius 1 is 1.26 bits per heavy atom. The van der Waals surface area contributed by atoms with Crippen LogP contribution in [-0.2, 0) is 6.54 Å². The number of hydrogen-bond donors (Lipinski definition) is 2. The summed E-state index contributed by atoms with van der Waals surface area (Å²) in [6.07, 6.45) is 4.68. The molecule has 3 rings (SSSR count). The molecule has 7 heteroatoms. The molecule has 0 unspecified atom stereocenters. The third-order valence-electron chi connectivity index (χ3n) is 2.89. The van der Waals surface area contributed by atoms with Gasteiger partial charge < -0.3 is 11.1 Å². The molecule has 0 aliphatic heterocycles. The molecule has 0 amide bonds. The SMILES string of the molecule is Nc1ccc(NCCCn2cccn2)c2nonc12. The molecule has 3 N–H and O–H groups in total. The van der Waals surface area contributed by atoms with E-state index in [4.69, 9.17) is 10.4 Å². The fourth-order valence-corrected chi connectivity index (χ4v) is 1.93. The van der Waals surface area contributed by atoms with Crippen molar-refractivity contribution in [2.45, 2.75) is 13.0 Å². The minimum atomic E-state index is 0.568. The van der Waals surface area contributed by atoms with E-state index in [2.05, 4.69) is 20.7 Å². The van der Waals surface area contributed by atoms with Gasteiger partial charge in [-0.05, 0) is 34.9 Å². The van der Waals surface area contributed by atoms with E-state index in [0.29, 0.717) is 16.7 Å². The monoisotopic (exact) mass is 258 g/mol. The highest BCUT2D eigenvalue weighted by molar-refractivity contribution is 5.94. The van der Waals surface area contributed by atoms with Crippen LogP contribution in [-0.4, -0.2) is 26.6 Å². The van der Waals surface area contributed by atoms with Crippen molar-refractivity contribution >= 4 is 22.4 Å². The zero-order chi connectivity index (χ0) is 13.1. The van der Waals surface area contributed by atoms with Gasteiger partial charge in [0.25, 0.3) is 0 Å². The number of rotatable bonds is 5. The average Bonchev–Trinajstić information content (AvgIpc) is 3.08. The lowest BCUT2D eigenvalue weighted by Gasteiger charge is -2.07. The predicted octanol–water partition coefficient (Wildman–Crippen LogP) is 1.50. The van der Waals surface area contributed by atoms with Crippen molar-refractivity contribution in [1.29, 1.82) is 0 Å². The summed E-state index contributed by atoms with van der Waals surface area (Å²) in [5, 5.41) is 15.1. The van der Waals surface area contributed by atoms with Gasteiger partial charge in [-0.3, -0.25) is 4.68 Å². The first-order chi connectivity index (χ1) is 9.34. The molecule has 0 aliphatic carbocycles. The van der Waals surface area contributed by atoms with Crippen LogP contribution in [0.5, 0.6) is 0 Å². The van der Waals surface area contributed by atoms with Crippen molar-refractivity contribution in [3.63, 3.8) is 0 Å². The number of aryl methyl sites for hydroxylation is 1. The van der Waals surface area contributed by atoms with Gasteiger partial charge in [-0.1, -0.05) is 0 Å². The van der Waals surface area contributed by atoms with Gasteiger partial charge in [-0.15, -0.1) is 0 Å². The van der Waals surface area contributed by atoms with Crippen LogP contribution in [0.3, 0.4) is 0 Å². The second-order valence-electron chi connectivity index (χ2n) is 4.21. The standard InChI is InChI=1S/C12H14N6O/c13-9-3-4-10(12-11(9)16-19-17-12)14-5-1-7-18-8-2-6-15-18/h2-4,6,8,14H,1,5,7,13H2. The molecule has 3 aromatic rings. The van der Waals surface area contributed by atoms with E-state index in [1.165, 1.54) is 0 Å². The van der Waals surface area contributed by atoms with Crippen LogP contribution in [0.15, 0.2) is 35.2 Å². The lowest BCUT2D eigenvalue weighted by Crippen LogP contribution is -2.07. The number of nitrogens with two attached hydrogens (primary N) is 1. The number of nitrogens with zero attached hydrogens (tertiary/aromatic N) is 4. The molecule has 0 saturated carbocycles. The molecule has 0 saturated heterocycles. The molecule has 0 bridgehead atoms. The Kier molecular flexibility index (Phi) is 3.01. The normalized spacial score (nSPS) is 10.9. The van der Waals surface area contributed by atoms with Crippen LogP contribution in [0.2, 0.25) is 0 Å². The first-order valence-corrected chi connectivity index (χ1v) is 6.06. The minimum absolute atomic E-state index is 0.568. The Balaban J connectivity index is 1.62. The van der Waals surface area contributed by atoms with E-state index in [9.17, 15) is 0 Å². The summed E-state index contributed by atoms with van der Waals surface area (Å²) in [7, 11) is 0. The van der Waals surface area contributed by atoms with E-state index < -0.39 is 0 Å². The average molecular weight is 258 g/mol. The lowest BCUT2D eigenvalue weighted by molar-refractivity contribution is 0.315. The van der Waals surface area contributed by atoms with E-state index >= 15 is 0 Å². The van der Waals surface area contributed by atoms with Gasteiger partial charge in [0.05, 0.1) is 11.4 Å². The molecule has 2 heterocycles. The highest BCUT2D eigenvalue weighted by atomic mass is 16.6. The first kappa shape index (κ1) is 11.5. The largest absolute Gasteiger partial charge is 0.397 e. The van der Waals surface area contributed by atoms with Crippen LogP contribution < -0.4 is 11.1 Å². The molecule has 0 radical (unpaired) electrons. The summed E-state index contributed by atoms with van der Waals surface area (Å²) in [5.41, 5.74) is 8.50. The topological polar surface area (TPSA) is 94.8 Å². The van der Waals surface area contributed by atoms with Crippen LogP contribution in [0.4, 0.5) is 11.4 Å². The molecule has 7 nitrogen and oxygen atoms in total. The number of fused-ring (bicyclic) bond motifs is 1. The van der Waals surface area contributed by atoms with Gasteiger partial charge in [-0.2, -0.15) is 5.10 Å². The summed E-state index contributed by atoms with van der Waals surface area (Å²) in [6, 6.07) is 5.59. The van der Waals surface area contributed by atoms with E-state index in [0.717, 1.165) is 25.2 Å². The van der Waals surface area contributed by atoms with Crippen LogP contribution in [0, 0.1) is 0 Å². The smallest absolute Gasteiger partial charge is 0.160 e. The van der Waals surface area contributed by atoms with Crippen LogP contribution in [0.1, 0.15) is 6.42 Å². The number of nitrogen functional groups attached to an aromatic ring is 1. The maximum Gasteiger partial charge on any atom is 0.160 e. The summed E-state index contributed by atoms with van der Waals surface area (Å²) in [6.45, 7) is 1.68. The number of hydrogen-bond acceptors (Lipinski definition) is 6. The van der Waals surface area contributed by atoms with Gasteiger partial charge >= 0.3 is 0 Å². The molecular weight excluding hydrogens is 244 g/mol. The second kappa shape index (κ2) is 4.97. The summed E-state index contributed by atoms with van der Waals surface area (Å²) in [4.78, 5) is 0. The Bertz CT molecular complexity index is 660. The molecule has 2 aromatic heterocycles. The molecule has 0 atom stereocenters. The summed E-state index contributed by atoms with van der Waals surface area (Å²) < 4.78 is 6.62. The zero-order valence-electron chi connectivity index (χ0n) is 10.3. The maximum atomic E-state index is 5.79. The number of nitrogens with one attached hydrogen (secondary N) is 1. The Morgan fingerprint density at radius 2 is 2.16 bits per heavy atom. The quantitative estimate of drug-likeness (QED) is 0.532. The van der Waals surface area contributed by atoms with Crippen molar-refractivity contribution in [3.05, 3.63) is 30.6 Å². The molecule has 98 valence electrons. The first-order valence-electron chi connectivity index (χ1n) is 6.06. The zero-order valence-corrected chi connectivity index (χ0v) is 10.3. The molecule has 1 aromatic carbocycles. The lowest BCUT2D eigenvalue weighted by atomic mass is 10.2. The molecule has 0 aliphatic rings. The van der Waals surface area contributed by atoms with Gasteiger partial charge in [-0.25, -0.2) is 4.63 Å². The third-order valence-corrected chi connectivity index (χ3v) is 2.89. The van der Waals surface area contributed by atoms with Crippen LogP contribution in [0.25, 0.3) is 11.0 Å². The fourth-order valence-electron chi connectivity index (χ4n) is 1.93. The van der Waals surface area contributed by atoms with E-state index in [1.807, 2.05) is 23.0 Å². The van der Waals surface area contributed by atoms with Gasteiger partial charge in [0, 0.05) is 25.5 Å². The van der Waals surface area contributed by atoms with Crippen molar-refractivity contribution in [1.82, 2.24) is 20.1 Å². The van der Waals surface area contributed by atoms with Gasteiger partial charge in [0.1, 0.15) is 0 Å². The third kappa shape index (κ3) is 2.35. The van der Waals surface area contributed by atoms with Gasteiger partial charge in [0.15, 0.2) is 11.0 Å². The highest BCUT2D eigenvalue weighted by Gasteiger charge is 2.09. The fraction of sp³-hybridized carbons (Fsp3) is 0.250. The minimum Gasteiger partial charge on any atom is -0.397 e. The van der Waals surface area contributed by atoms with Crippen molar-refractivity contribution in [2.24, 2.45) is 0 Å². The second-order valence-corrected chi connectivity index (χ2v) is 4.21. The van der Waals surface area contributed by atoms with E-state index in [-0.39, 0.29) is 0 Å². The Hall–Kier alpha value is -2.57. The number of aromatic nitrogens is 4.